The summed E-state index contributed by atoms with van der Waals surface area (Å²) in [7, 11) is 1.65. The molecule has 1 fully saturated rings. The van der Waals surface area contributed by atoms with E-state index < -0.39 is 0 Å². The maximum absolute atomic E-state index is 13.0. The predicted octanol–water partition coefficient (Wildman–Crippen LogP) is 3.18. The molecule has 1 aliphatic heterocycles. The van der Waals surface area contributed by atoms with E-state index in [-0.39, 0.29) is 17.9 Å². The van der Waals surface area contributed by atoms with Crippen molar-refractivity contribution in [2.75, 3.05) is 13.7 Å². The zero-order valence-electron chi connectivity index (χ0n) is 14.5. The third-order valence-corrected chi connectivity index (χ3v) is 4.96. The van der Waals surface area contributed by atoms with Gasteiger partial charge >= 0.3 is 0 Å². The summed E-state index contributed by atoms with van der Waals surface area (Å²) in [5.74, 6) is 0.902. The Bertz CT molecular complexity index is 880. The second-order valence-electron chi connectivity index (χ2n) is 6.38. The van der Waals surface area contributed by atoms with Crippen LogP contribution in [0.2, 0.25) is 0 Å². The summed E-state index contributed by atoms with van der Waals surface area (Å²) in [6.07, 6.45) is 2.37. The third kappa shape index (κ3) is 2.94. The van der Waals surface area contributed by atoms with Gasteiger partial charge in [0, 0.05) is 12.5 Å². The third-order valence-electron chi connectivity index (χ3n) is 4.96. The van der Waals surface area contributed by atoms with Crippen molar-refractivity contribution >= 4 is 5.91 Å². The molecule has 2 heterocycles. The molecule has 6 heteroatoms. The summed E-state index contributed by atoms with van der Waals surface area (Å²) in [6, 6.07) is 18.2. The molecule has 3 aromatic rings. The minimum absolute atomic E-state index is 0.0725. The van der Waals surface area contributed by atoms with Gasteiger partial charge in [-0.2, -0.15) is 15.4 Å². The fourth-order valence-corrected chi connectivity index (χ4v) is 3.76. The number of benzene rings is 2. The first kappa shape index (κ1) is 16.3. The van der Waals surface area contributed by atoms with Crippen LogP contribution in [-0.2, 0) is 0 Å². The predicted molar refractivity (Wildman–Crippen MR) is 97.0 cm³/mol. The molecule has 0 bridgehead atoms. The highest BCUT2D eigenvalue weighted by Crippen LogP contribution is 2.44. The molecule has 2 atom stereocenters. The van der Waals surface area contributed by atoms with Crippen molar-refractivity contribution < 1.29 is 9.53 Å². The van der Waals surface area contributed by atoms with E-state index in [2.05, 4.69) is 33.6 Å². The number of methoxy groups -OCH3 is 1. The van der Waals surface area contributed by atoms with Gasteiger partial charge in [0.25, 0.3) is 5.91 Å². The molecule has 0 aliphatic carbocycles. The summed E-state index contributed by atoms with van der Waals surface area (Å²) in [4.78, 5) is 14.9. The number of nitrogens with zero attached hydrogens (tertiary/aromatic N) is 3. The van der Waals surface area contributed by atoms with Crippen LogP contribution in [0.3, 0.4) is 0 Å². The molecule has 1 N–H and O–H groups in total. The number of hydrogen-bond acceptors (Lipinski definition) is 4. The molecule has 26 heavy (non-hydrogen) atoms. The van der Waals surface area contributed by atoms with Gasteiger partial charge in [0.05, 0.1) is 19.3 Å². The Morgan fingerprint density at radius 3 is 2.69 bits per heavy atom. The molecule has 1 saturated heterocycles. The number of aromatic nitrogens is 3. The van der Waals surface area contributed by atoms with Crippen LogP contribution in [-0.4, -0.2) is 39.9 Å². The van der Waals surface area contributed by atoms with Crippen molar-refractivity contribution in [3.63, 3.8) is 0 Å². The first-order chi connectivity index (χ1) is 12.8. The number of rotatable bonds is 4. The lowest BCUT2D eigenvalue weighted by molar-refractivity contribution is 0.0723. The van der Waals surface area contributed by atoms with Crippen LogP contribution in [0.5, 0.6) is 5.75 Å². The number of carbonyl (C=O) groups is 1. The molecule has 0 radical (unpaired) electrons. The highest BCUT2D eigenvalue weighted by atomic mass is 16.5. The fraction of sp³-hybridized carbons (Fsp3) is 0.250. The average Bonchev–Trinajstić information content (AvgIpc) is 3.38. The van der Waals surface area contributed by atoms with E-state index >= 15 is 0 Å². The molecule has 0 spiro atoms. The smallest absolute Gasteiger partial charge is 0.276 e. The number of amides is 1. The first-order valence-corrected chi connectivity index (χ1v) is 8.63. The summed E-state index contributed by atoms with van der Waals surface area (Å²) < 4.78 is 5.39. The van der Waals surface area contributed by atoms with E-state index in [1.54, 1.807) is 7.11 Å². The maximum Gasteiger partial charge on any atom is 0.276 e. The quantitative estimate of drug-likeness (QED) is 0.786. The highest BCUT2D eigenvalue weighted by Gasteiger charge is 2.39. The minimum Gasteiger partial charge on any atom is -0.497 e. The molecule has 1 amide bonds. The van der Waals surface area contributed by atoms with E-state index in [1.807, 2.05) is 41.3 Å². The summed E-state index contributed by atoms with van der Waals surface area (Å²) in [6.45, 7) is 0.674. The molecule has 132 valence electrons. The Labute approximate surface area is 151 Å². The molecule has 0 saturated carbocycles. The standard InChI is InChI=1S/C20H20N4O2/c1-26-16-9-5-8-15(12-16)19-17(14-6-3-2-4-7-14)10-11-24(19)20(25)18-13-21-23-22-18/h2-9,12-13,17,19H,10-11H2,1H3,(H,21,22,23)/t17-,19-/m0/s1. The van der Waals surface area contributed by atoms with Crippen LogP contribution in [0.25, 0.3) is 0 Å². The first-order valence-electron chi connectivity index (χ1n) is 8.63. The lowest BCUT2D eigenvalue weighted by atomic mass is 9.87. The molecule has 4 rings (SSSR count). The van der Waals surface area contributed by atoms with Gasteiger partial charge in [0.15, 0.2) is 5.69 Å². The molecule has 1 aliphatic rings. The lowest BCUT2D eigenvalue weighted by Gasteiger charge is -2.28. The molecular formula is C20H20N4O2. The second-order valence-corrected chi connectivity index (χ2v) is 6.38. The number of carbonyl (C=O) groups excluding carboxylic acids is 1. The molecule has 0 unspecified atom stereocenters. The number of aromatic amines is 1. The van der Waals surface area contributed by atoms with Crippen molar-refractivity contribution in [3.8, 4) is 5.75 Å². The van der Waals surface area contributed by atoms with Gasteiger partial charge in [0.2, 0.25) is 0 Å². The Kier molecular flexibility index (Phi) is 4.39. The number of hydrogen-bond donors (Lipinski definition) is 1. The van der Waals surface area contributed by atoms with E-state index in [0.29, 0.717) is 12.2 Å². The van der Waals surface area contributed by atoms with Crippen molar-refractivity contribution in [3.05, 3.63) is 77.6 Å². The van der Waals surface area contributed by atoms with Crippen molar-refractivity contribution in [1.29, 1.82) is 0 Å². The van der Waals surface area contributed by atoms with Gasteiger partial charge in [-0.25, -0.2) is 0 Å². The Balaban J connectivity index is 1.75. The van der Waals surface area contributed by atoms with E-state index in [9.17, 15) is 4.79 Å². The topological polar surface area (TPSA) is 71.1 Å². The van der Waals surface area contributed by atoms with Gasteiger partial charge in [0.1, 0.15) is 5.75 Å². The number of H-pyrrole nitrogens is 1. The highest BCUT2D eigenvalue weighted by molar-refractivity contribution is 5.92. The molecule has 6 nitrogen and oxygen atoms in total. The summed E-state index contributed by atoms with van der Waals surface area (Å²) in [5.41, 5.74) is 2.63. The van der Waals surface area contributed by atoms with Gasteiger partial charge in [-0.15, -0.1) is 0 Å². The van der Waals surface area contributed by atoms with Gasteiger partial charge in [-0.1, -0.05) is 42.5 Å². The van der Waals surface area contributed by atoms with Crippen LogP contribution >= 0.6 is 0 Å². The number of likely N-dealkylation sites (tertiary alicyclic amines) is 1. The van der Waals surface area contributed by atoms with Gasteiger partial charge in [-0.05, 0) is 29.7 Å². The maximum atomic E-state index is 13.0. The molecule has 1 aromatic heterocycles. The minimum atomic E-state index is -0.106. The Hall–Kier alpha value is -3.15. The number of ether oxygens (including phenoxy) is 1. The summed E-state index contributed by atoms with van der Waals surface area (Å²) >= 11 is 0. The van der Waals surface area contributed by atoms with Crippen molar-refractivity contribution in [1.82, 2.24) is 20.3 Å². The average molecular weight is 348 g/mol. The largest absolute Gasteiger partial charge is 0.497 e. The fourth-order valence-electron chi connectivity index (χ4n) is 3.76. The van der Waals surface area contributed by atoms with Crippen molar-refractivity contribution in [2.24, 2.45) is 0 Å². The number of nitrogens with one attached hydrogen (secondary N) is 1. The van der Waals surface area contributed by atoms with Crippen LogP contribution in [0, 0.1) is 0 Å². The Morgan fingerprint density at radius 2 is 1.96 bits per heavy atom. The van der Waals surface area contributed by atoms with E-state index in [4.69, 9.17) is 4.74 Å². The van der Waals surface area contributed by atoms with E-state index in [1.165, 1.54) is 11.8 Å². The summed E-state index contributed by atoms with van der Waals surface area (Å²) in [5, 5.41) is 10.3. The zero-order chi connectivity index (χ0) is 17.9. The normalized spacial score (nSPS) is 19.5. The van der Waals surface area contributed by atoms with Crippen molar-refractivity contribution in [2.45, 2.75) is 18.4 Å². The van der Waals surface area contributed by atoms with Crippen LogP contribution < -0.4 is 4.74 Å². The van der Waals surface area contributed by atoms with Gasteiger partial charge < -0.3 is 9.64 Å². The van der Waals surface area contributed by atoms with Crippen LogP contribution in [0.4, 0.5) is 0 Å². The monoisotopic (exact) mass is 348 g/mol. The lowest BCUT2D eigenvalue weighted by Crippen LogP contribution is -2.32. The van der Waals surface area contributed by atoms with Crippen LogP contribution in [0.1, 0.15) is 40.0 Å². The van der Waals surface area contributed by atoms with Crippen LogP contribution in [0.15, 0.2) is 60.8 Å². The zero-order valence-corrected chi connectivity index (χ0v) is 14.5. The Morgan fingerprint density at radius 1 is 1.15 bits per heavy atom. The molecular weight excluding hydrogens is 328 g/mol. The SMILES string of the molecule is COc1cccc([C@H]2[C@H](c3ccccc3)CCN2C(=O)c2cn[nH]n2)c1. The van der Waals surface area contributed by atoms with E-state index in [0.717, 1.165) is 17.7 Å². The molecule has 2 aromatic carbocycles. The van der Waals surface area contributed by atoms with Gasteiger partial charge in [-0.3, -0.25) is 4.79 Å². The second kappa shape index (κ2) is 7.00.